The normalized spacial score (nSPS) is 22.1. The number of hydrogen-bond donors (Lipinski definition) is 1. The lowest BCUT2D eigenvalue weighted by molar-refractivity contribution is 0.776. The molecule has 2 aliphatic rings. The van der Waals surface area contributed by atoms with Crippen LogP contribution in [0, 0.1) is 6.92 Å². The Labute approximate surface area is 72.0 Å². The molecule has 3 rings (SSSR count). The smallest absolute Gasteiger partial charge is 0.129 e. The van der Waals surface area contributed by atoms with Crippen molar-refractivity contribution in [3.8, 4) is 0 Å². The molecule has 1 aliphatic heterocycles. The first-order valence-corrected chi connectivity index (χ1v) is 4.51. The lowest BCUT2D eigenvalue weighted by Crippen LogP contribution is -2.08. The van der Waals surface area contributed by atoms with E-state index in [-0.39, 0.29) is 0 Å². The van der Waals surface area contributed by atoms with E-state index in [0.717, 1.165) is 12.4 Å². The van der Waals surface area contributed by atoms with Crippen LogP contribution in [0.4, 0.5) is 5.82 Å². The van der Waals surface area contributed by atoms with Crippen molar-refractivity contribution >= 4 is 5.82 Å². The Morgan fingerprint density at radius 1 is 1.50 bits per heavy atom. The molecule has 12 heavy (non-hydrogen) atoms. The molecule has 2 nitrogen and oxygen atoms in total. The first kappa shape index (κ1) is 6.46. The molecule has 1 aromatic rings. The average molecular weight is 160 g/mol. The average Bonchev–Trinajstić information content (AvgIpc) is 2.74. The van der Waals surface area contributed by atoms with Gasteiger partial charge in [0, 0.05) is 23.7 Å². The zero-order valence-corrected chi connectivity index (χ0v) is 7.22. The van der Waals surface area contributed by atoms with Gasteiger partial charge < -0.3 is 5.32 Å². The molecule has 2 heteroatoms. The molecular formula is C10H12N2. The Bertz CT molecular complexity index is 340. The van der Waals surface area contributed by atoms with Gasteiger partial charge in [0.15, 0.2) is 0 Å². The van der Waals surface area contributed by atoms with Crippen molar-refractivity contribution in [2.75, 3.05) is 11.9 Å². The van der Waals surface area contributed by atoms with E-state index in [1.807, 2.05) is 6.20 Å². The molecule has 1 aliphatic carbocycles. The Kier molecular flexibility index (Phi) is 0.978. The van der Waals surface area contributed by atoms with Gasteiger partial charge in [-0.1, -0.05) is 6.07 Å². The van der Waals surface area contributed by atoms with Crippen LogP contribution in [0.1, 0.15) is 24.0 Å². The summed E-state index contributed by atoms with van der Waals surface area (Å²) in [6, 6.07) is 2.29. The number of aromatic nitrogens is 1. The first-order chi connectivity index (χ1) is 5.80. The number of pyridine rings is 1. The molecule has 0 aromatic carbocycles. The summed E-state index contributed by atoms with van der Waals surface area (Å²) in [5.74, 6) is 1.12. The van der Waals surface area contributed by atoms with E-state index in [9.17, 15) is 0 Å². The van der Waals surface area contributed by atoms with E-state index in [2.05, 4.69) is 23.3 Å². The highest BCUT2D eigenvalue weighted by molar-refractivity contribution is 5.58. The monoisotopic (exact) mass is 160 g/mol. The predicted molar refractivity (Wildman–Crippen MR) is 48.4 cm³/mol. The summed E-state index contributed by atoms with van der Waals surface area (Å²) in [6.45, 7) is 3.22. The zero-order chi connectivity index (χ0) is 8.18. The molecule has 1 saturated carbocycles. The Morgan fingerprint density at radius 2 is 2.33 bits per heavy atom. The van der Waals surface area contributed by atoms with Gasteiger partial charge in [-0.05, 0) is 25.3 Å². The summed E-state index contributed by atoms with van der Waals surface area (Å²) >= 11 is 0. The van der Waals surface area contributed by atoms with Crippen LogP contribution in [0.25, 0.3) is 0 Å². The van der Waals surface area contributed by atoms with Gasteiger partial charge >= 0.3 is 0 Å². The van der Waals surface area contributed by atoms with Crippen molar-refractivity contribution in [2.45, 2.75) is 25.2 Å². The predicted octanol–water partition coefficient (Wildman–Crippen LogP) is 1.85. The van der Waals surface area contributed by atoms with Gasteiger partial charge in [0.05, 0.1) is 0 Å². The maximum atomic E-state index is 4.38. The van der Waals surface area contributed by atoms with Crippen molar-refractivity contribution in [3.05, 3.63) is 23.4 Å². The second-order valence-electron chi connectivity index (χ2n) is 4.04. The van der Waals surface area contributed by atoms with Crippen molar-refractivity contribution in [3.63, 3.8) is 0 Å². The van der Waals surface area contributed by atoms with E-state index in [4.69, 9.17) is 0 Å². The van der Waals surface area contributed by atoms with Crippen molar-refractivity contribution in [1.29, 1.82) is 0 Å². The topological polar surface area (TPSA) is 24.9 Å². The maximum absolute atomic E-state index is 4.38. The van der Waals surface area contributed by atoms with Gasteiger partial charge in [0.1, 0.15) is 5.82 Å². The van der Waals surface area contributed by atoms with E-state index in [0.29, 0.717) is 5.41 Å². The molecule has 2 heterocycles. The van der Waals surface area contributed by atoms with Crippen LogP contribution >= 0.6 is 0 Å². The molecule has 1 fully saturated rings. The number of fused-ring (bicyclic) bond motifs is 2. The van der Waals surface area contributed by atoms with Crippen molar-refractivity contribution in [2.24, 2.45) is 0 Å². The summed E-state index contributed by atoms with van der Waals surface area (Å²) < 4.78 is 0. The molecule has 1 N–H and O–H groups in total. The third kappa shape index (κ3) is 0.675. The highest BCUT2D eigenvalue weighted by atomic mass is 15.0. The number of aryl methyl sites for hydroxylation is 1. The lowest BCUT2D eigenvalue weighted by Gasteiger charge is -2.04. The van der Waals surface area contributed by atoms with E-state index >= 15 is 0 Å². The van der Waals surface area contributed by atoms with Crippen molar-refractivity contribution in [1.82, 2.24) is 4.98 Å². The minimum Gasteiger partial charge on any atom is -0.369 e. The van der Waals surface area contributed by atoms with Crippen LogP contribution in [0.2, 0.25) is 0 Å². The van der Waals surface area contributed by atoms with Crippen LogP contribution in [0.15, 0.2) is 12.3 Å². The number of hydrogen-bond acceptors (Lipinski definition) is 2. The second kappa shape index (κ2) is 1.82. The first-order valence-electron chi connectivity index (χ1n) is 4.51. The molecule has 0 saturated heterocycles. The van der Waals surface area contributed by atoms with E-state index in [1.54, 1.807) is 0 Å². The van der Waals surface area contributed by atoms with Crippen molar-refractivity contribution < 1.29 is 0 Å². The largest absolute Gasteiger partial charge is 0.369 e. The highest BCUT2D eigenvalue weighted by Gasteiger charge is 2.49. The molecule has 0 atom stereocenters. The summed E-state index contributed by atoms with van der Waals surface area (Å²) in [6.07, 6.45) is 4.63. The van der Waals surface area contributed by atoms with Crippen LogP contribution in [0.5, 0.6) is 0 Å². The van der Waals surface area contributed by atoms with Gasteiger partial charge in [-0.15, -0.1) is 0 Å². The van der Waals surface area contributed by atoms with Gasteiger partial charge in [-0.25, -0.2) is 4.98 Å². The molecule has 0 amide bonds. The molecule has 0 radical (unpaired) electrons. The Hall–Kier alpha value is -1.05. The van der Waals surface area contributed by atoms with Crippen LogP contribution in [0.3, 0.4) is 0 Å². The van der Waals surface area contributed by atoms with Gasteiger partial charge in [-0.2, -0.15) is 0 Å². The fraction of sp³-hybridized carbons (Fsp3) is 0.500. The fourth-order valence-electron chi connectivity index (χ4n) is 2.06. The van der Waals surface area contributed by atoms with E-state index < -0.39 is 0 Å². The number of anilines is 1. The SMILES string of the molecule is Cc1cnc2c(c1)C1(CC1)CN2. The summed E-state index contributed by atoms with van der Waals surface area (Å²) in [7, 11) is 0. The maximum Gasteiger partial charge on any atom is 0.129 e. The summed E-state index contributed by atoms with van der Waals surface area (Å²) in [4.78, 5) is 4.38. The zero-order valence-electron chi connectivity index (χ0n) is 7.22. The summed E-state index contributed by atoms with van der Waals surface area (Å²) in [5, 5.41) is 3.37. The molecular weight excluding hydrogens is 148 g/mol. The van der Waals surface area contributed by atoms with Crippen LogP contribution < -0.4 is 5.32 Å². The van der Waals surface area contributed by atoms with Crippen LogP contribution in [-0.4, -0.2) is 11.5 Å². The molecule has 0 unspecified atom stereocenters. The molecule has 62 valence electrons. The fourth-order valence-corrected chi connectivity index (χ4v) is 2.06. The van der Waals surface area contributed by atoms with Crippen LogP contribution in [-0.2, 0) is 5.41 Å². The van der Waals surface area contributed by atoms with Gasteiger partial charge in [0.25, 0.3) is 0 Å². The third-order valence-corrected chi connectivity index (χ3v) is 3.04. The summed E-state index contributed by atoms with van der Waals surface area (Å²) in [5.41, 5.74) is 3.24. The number of nitrogens with zero attached hydrogens (tertiary/aromatic N) is 1. The second-order valence-corrected chi connectivity index (χ2v) is 4.04. The minimum absolute atomic E-state index is 0.494. The van der Waals surface area contributed by atoms with E-state index in [1.165, 1.54) is 24.0 Å². The Morgan fingerprint density at radius 3 is 3.08 bits per heavy atom. The third-order valence-electron chi connectivity index (χ3n) is 3.04. The standard InChI is InChI=1S/C10H12N2/c1-7-4-8-9(11-5-7)12-6-10(8)2-3-10/h4-5H,2-3,6H2,1H3,(H,11,12). The molecule has 0 bridgehead atoms. The molecule has 1 aromatic heterocycles. The number of nitrogens with one attached hydrogen (secondary N) is 1. The molecule has 1 spiro atoms. The number of rotatable bonds is 0. The quantitative estimate of drug-likeness (QED) is 0.626. The lowest BCUT2D eigenvalue weighted by atomic mass is 9.99. The Balaban J connectivity index is 2.20. The van der Waals surface area contributed by atoms with Gasteiger partial charge in [0.2, 0.25) is 0 Å². The highest BCUT2D eigenvalue weighted by Crippen LogP contribution is 2.53. The minimum atomic E-state index is 0.494. The van der Waals surface area contributed by atoms with Gasteiger partial charge in [-0.3, -0.25) is 0 Å².